The van der Waals surface area contributed by atoms with E-state index in [1.54, 1.807) is 6.20 Å². The maximum Gasteiger partial charge on any atom is 0.151 e. The molecule has 1 aromatic carbocycles. The van der Waals surface area contributed by atoms with Crippen LogP contribution in [0.1, 0.15) is 31.0 Å². The molecular formula is C12H13FN2. The second kappa shape index (κ2) is 3.57. The minimum Gasteiger partial charge on any atom is -0.253 e. The molecule has 1 aromatic heterocycles. The van der Waals surface area contributed by atoms with Gasteiger partial charge in [-0.05, 0) is 30.5 Å². The lowest BCUT2D eigenvalue weighted by Gasteiger charge is -2.06. The van der Waals surface area contributed by atoms with Gasteiger partial charge < -0.3 is 0 Å². The topological polar surface area (TPSA) is 25.8 Å². The van der Waals surface area contributed by atoms with Crippen molar-refractivity contribution in [2.75, 3.05) is 0 Å². The zero-order chi connectivity index (χ0) is 11.0. The molecule has 0 spiro atoms. The summed E-state index contributed by atoms with van der Waals surface area (Å²) in [6.07, 6.45) is 1.71. The minimum atomic E-state index is -0.292. The minimum absolute atomic E-state index is 0.266. The van der Waals surface area contributed by atoms with Gasteiger partial charge in [-0.1, -0.05) is 13.8 Å². The van der Waals surface area contributed by atoms with Crippen molar-refractivity contribution in [1.82, 2.24) is 9.97 Å². The van der Waals surface area contributed by atoms with E-state index in [4.69, 9.17) is 0 Å². The van der Waals surface area contributed by atoms with E-state index in [9.17, 15) is 4.39 Å². The van der Waals surface area contributed by atoms with Crippen molar-refractivity contribution >= 4 is 11.0 Å². The molecule has 0 atom stereocenters. The van der Waals surface area contributed by atoms with Gasteiger partial charge in [0.15, 0.2) is 5.82 Å². The van der Waals surface area contributed by atoms with Crippen molar-refractivity contribution in [2.24, 2.45) is 0 Å². The Balaban J connectivity index is 2.71. The van der Waals surface area contributed by atoms with E-state index in [1.807, 2.05) is 26.8 Å². The third-order valence-corrected chi connectivity index (χ3v) is 2.36. The van der Waals surface area contributed by atoms with Gasteiger partial charge in [-0.3, -0.25) is 4.98 Å². The predicted molar refractivity (Wildman–Crippen MR) is 58.3 cm³/mol. The number of hydrogen-bond acceptors (Lipinski definition) is 2. The Labute approximate surface area is 88.2 Å². The zero-order valence-electron chi connectivity index (χ0n) is 9.08. The second-order valence-corrected chi connectivity index (χ2v) is 4.06. The number of rotatable bonds is 1. The molecule has 0 unspecified atom stereocenters. The third kappa shape index (κ3) is 1.82. The molecule has 15 heavy (non-hydrogen) atoms. The molecule has 2 nitrogen and oxygen atoms in total. The first kappa shape index (κ1) is 10.0. The van der Waals surface area contributed by atoms with Crippen molar-refractivity contribution in [1.29, 1.82) is 0 Å². The first-order chi connectivity index (χ1) is 7.08. The van der Waals surface area contributed by atoms with Crippen molar-refractivity contribution in [3.63, 3.8) is 0 Å². The molecule has 2 rings (SSSR count). The lowest BCUT2D eigenvalue weighted by Crippen LogP contribution is -1.97. The van der Waals surface area contributed by atoms with Gasteiger partial charge in [-0.25, -0.2) is 9.37 Å². The van der Waals surface area contributed by atoms with Gasteiger partial charge in [-0.2, -0.15) is 0 Å². The molecule has 3 heteroatoms. The molecule has 0 N–H and O–H groups in total. The van der Waals surface area contributed by atoms with Crippen molar-refractivity contribution in [2.45, 2.75) is 26.7 Å². The van der Waals surface area contributed by atoms with Crippen LogP contribution in [0.25, 0.3) is 11.0 Å². The van der Waals surface area contributed by atoms with E-state index < -0.39 is 0 Å². The van der Waals surface area contributed by atoms with Crippen LogP contribution in [0.4, 0.5) is 4.39 Å². The molecular weight excluding hydrogens is 191 g/mol. The lowest BCUT2D eigenvalue weighted by molar-refractivity contribution is 0.634. The summed E-state index contributed by atoms with van der Waals surface area (Å²) in [7, 11) is 0. The average Bonchev–Trinajstić information content (AvgIpc) is 2.16. The fraction of sp³-hybridized carbons (Fsp3) is 0.333. The van der Waals surface area contributed by atoms with Crippen molar-refractivity contribution in [3.05, 3.63) is 35.4 Å². The second-order valence-electron chi connectivity index (χ2n) is 4.06. The fourth-order valence-corrected chi connectivity index (χ4v) is 1.50. The Bertz CT molecular complexity index is 506. The summed E-state index contributed by atoms with van der Waals surface area (Å²) in [5.74, 6) is -0.0254. The summed E-state index contributed by atoms with van der Waals surface area (Å²) in [4.78, 5) is 8.50. The molecule has 0 aliphatic carbocycles. The first-order valence-electron chi connectivity index (χ1n) is 5.00. The van der Waals surface area contributed by atoms with Gasteiger partial charge in [0.05, 0.1) is 11.2 Å². The number of benzene rings is 1. The summed E-state index contributed by atoms with van der Waals surface area (Å²) in [6, 6.07) is 3.33. The van der Waals surface area contributed by atoms with Crippen LogP contribution in [0, 0.1) is 12.7 Å². The van der Waals surface area contributed by atoms with Crippen LogP contribution < -0.4 is 0 Å². The highest BCUT2D eigenvalue weighted by molar-refractivity contribution is 5.75. The molecule has 2 aromatic rings. The van der Waals surface area contributed by atoms with E-state index in [0.717, 1.165) is 11.3 Å². The summed E-state index contributed by atoms with van der Waals surface area (Å²) < 4.78 is 13.6. The molecule has 0 bridgehead atoms. The van der Waals surface area contributed by atoms with Crippen molar-refractivity contribution < 1.29 is 4.39 Å². The molecule has 0 saturated heterocycles. The summed E-state index contributed by atoms with van der Waals surface area (Å²) in [5.41, 5.74) is 2.68. The maximum absolute atomic E-state index is 13.6. The summed E-state index contributed by atoms with van der Waals surface area (Å²) in [5, 5.41) is 0. The van der Waals surface area contributed by atoms with Gasteiger partial charge in [-0.15, -0.1) is 0 Å². The number of aryl methyl sites for hydroxylation is 1. The van der Waals surface area contributed by atoms with E-state index in [0.29, 0.717) is 11.0 Å². The molecule has 0 aliphatic rings. The number of nitrogens with zero attached hydrogens (tertiary/aromatic N) is 2. The average molecular weight is 204 g/mol. The Morgan fingerprint density at radius 3 is 2.67 bits per heavy atom. The molecule has 1 heterocycles. The molecule has 0 fully saturated rings. The Hall–Kier alpha value is -1.51. The van der Waals surface area contributed by atoms with Gasteiger partial charge in [0.2, 0.25) is 0 Å². The third-order valence-electron chi connectivity index (χ3n) is 2.36. The first-order valence-corrected chi connectivity index (χ1v) is 5.00. The fourth-order valence-electron chi connectivity index (χ4n) is 1.50. The van der Waals surface area contributed by atoms with Crippen LogP contribution in [0.2, 0.25) is 0 Å². The Morgan fingerprint density at radius 2 is 2.00 bits per heavy atom. The van der Waals surface area contributed by atoms with E-state index >= 15 is 0 Å². The normalized spacial score (nSPS) is 11.3. The summed E-state index contributed by atoms with van der Waals surface area (Å²) in [6.45, 7) is 5.88. The molecule has 78 valence electrons. The smallest absolute Gasteiger partial charge is 0.151 e. The monoisotopic (exact) mass is 204 g/mol. The summed E-state index contributed by atoms with van der Waals surface area (Å²) >= 11 is 0. The molecule has 0 saturated carbocycles. The quantitative estimate of drug-likeness (QED) is 0.712. The van der Waals surface area contributed by atoms with Gasteiger partial charge in [0, 0.05) is 6.20 Å². The number of aromatic nitrogens is 2. The van der Waals surface area contributed by atoms with Crippen LogP contribution in [0.5, 0.6) is 0 Å². The van der Waals surface area contributed by atoms with Crippen LogP contribution in [-0.2, 0) is 0 Å². The van der Waals surface area contributed by atoms with E-state index in [2.05, 4.69) is 9.97 Å². The highest BCUT2D eigenvalue weighted by Crippen LogP contribution is 2.19. The van der Waals surface area contributed by atoms with Gasteiger partial charge in [0.25, 0.3) is 0 Å². The standard InChI is InChI=1S/C12H13FN2/c1-7(2)11-6-14-10-5-8(3)4-9(13)12(10)15-11/h4-7H,1-3H3. The number of hydrogen-bond donors (Lipinski definition) is 0. The Kier molecular flexibility index (Phi) is 2.39. The number of halogens is 1. The van der Waals surface area contributed by atoms with Crippen LogP contribution in [0.3, 0.4) is 0 Å². The number of fused-ring (bicyclic) bond motifs is 1. The molecule has 0 aliphatic heterocycles. The highest BCUT2D eigenvalue weighted by atomic mass is 19.1. The molecule has 0 amide bonds. The SMILES string of the molecule is Cc1cc(F)c2nc(C(C)C)cnc2c1. The van der Waals surface area contributed by atoms with Crippen LogP contribution in [0.15, 0.2) is 18.3 Å². The lowest BCUT2D eigenvalue weighted by atomic mass is 10.1. The van der Waals surface area contributed by atoms with Gasteiger partial charge in [0.1, 0.15) is 5.52 Å². The van der Waals surface area contributed by atoms with E-state index in [1.165, 1.54) is 6.07 Å². The van der Waals surface area contributed by atoms with Gasteiger partial charge >= 0.3 is 0 Å². The van der Waals surface area contributed by atoms with Crippen LogP contribution >= 0.6 is 0 Å². The van der Waals surface area contributed by atoms with Crippen LogP contribution in [-0.4, -0.2) is 9.97 Å². The largest absolute Gasteiger partial charge is 0.253 e. The zero-order valence-corrected chi connectivity index (χ0v) is 9.08. The highest BCUT2D eigenvalue weighted by Gasteiger charge is 2.08. The van der Waals surface area contributed by atoms with Crippen molar-refractivity contribution in [3.8, 4) is 0 Å². The maximum atomic E-state index is 13.6. The Morgan fingerprint density at radius 1 is 1.27 bits per heavy atom. The predicted octanol–water partition coefficient (Wildman–Crippen LogP) is 3.20. The van der Waals surface area contributed by atoms with E-state index in [-0.39, 0.29) is 11.7 Å². The molecule has 0 radical (unpaired) electrons.